The summed E-state index contributed by atoms with van der Waals surface area (Å²) < 4.78 is 69.5. The van der Waals surface area contributed by atoms with Crippen LogP contribution in [0.1, 0.15) is 22.3 Å². The number of alkyl halides is 6. The molecule has 0 bridgehead atoms. The number of fused-ring (bicyclic) bond motifs is 1. The van der Waals surface area contributed by atoms with Gasteiger partial charge in [-0.25, -0.2) is 9.59 Å². The molecule has 2 aromatic heterocycles. The number of carbonyl (C=O) groups is 3. The Kier molecular flexibility index (Phi) is 11.1. The van der Waals surface area contributed by atoms with Gasteiger partial charge in [0.25, 0.3) is 5.91 Å². The molecule has 214 valence electrons. The first-order valence-corrected chi connectivity index (χ1v) is 11.1. The Bertz CT molecular complexity index is 1070. The normalized spacial score (nSPS) is 19.1. The number of rotatable bonds is 4. The number of aromatic nitrogens is 3. The van der Waals surface area contributed by atoms with E-state index in [9.17, 15) is 31.1 Å². The number of amides is 1. The van der Waals surface area contributed by atoms with Gasteiger partial charge in [-0.1, -0.05) is 6.07 Å². The van der Waals surface area contributed by atoms with Gasteiger partial charge in [0.2, 0.25) is 0 Å². The highest BCUT2D eigenvalue weighted by Crippen LogP contribution is 2.25. The molecule has 1 amide bonds. The van der Waals surface area contributed by atoms with E-state index in [1.165, 1.54) is 6.20 Å². The minimum absolute atomic E-state index is 0.0364. The van der Waals surface area contributed by atoms with E-state index in [4.69, 9.17) is 24.5 Å². The van der Waals surface area contributed by atoms with Crippen molar-refractivity contribution in [2.24, 2.45) is 0 Å². The lowest BCUT2D eigenvalue weighted by molar-refractivity contribution is -0.193. The molecule has 0 aliphatic carbocycles. The quantitative estimate of drug-likeness (QED) is 0.528. The highest BCUT2D eigenvalue weighted by Gasteiger charge is 2.39. The van der Waals surface area contributed by atoms with Crippen molar-refractivity contribution in [1.82, 2.24) is 25.0 Å². The molecule has 2 fully saturated rings. The predicted octanol–water partition coefficient (Wildman–Crippen LogP) is 2.25. The number of carboxylic acids is 2. The van der Waals surface area contributed by atoms with E-state index >= 15 is 0 Å². The number of hydrogen-bond acceptors (Lipinski definition) is 8. The number of nitrogens with zero attached hydrogens (tertiary/aromatic N) is 5. The number of piperazine rings is 1. The number of carboxylic acid groups (broad SMARTS) is 2. The summed E-state index contributed by atoms with van der Waals surface area (Å²) in [5.74, 6) is -5.48. The average Bonchev–Trinajstić information content (AvgIpc) is 3.30. The van der Waals surface area contributed by atoms with Crippen LogP contribution in [0.15, 0.2) is 43.0 Å². The van der Waals surface area contributed by atoms with Crippen LogP contribution in [-0.4, -0.2) is 104 Å². The molecule has 0 spiro atoms. The average molecular weight is 567 g/mol. The molecule has 2 atom stereocenters. The lowest BCUT2D eigenvalue weighted by Gasteiger charge is -2.37. The Morgan fingerprint density at radius 1 is 0.923 bits per heavy atom. The van der Waals surface area contributed by atoms with Gasteiger partial charge in [0.05, 0.1) is 30.7 Å². The van der Waals surface area contributed by atoms with Crippen molar-refractivity contribution in [3.8, 4) is 0 Å². The fourth-order valence-electron chi connectivity index (χ4n) is 3.60. The van der Waals surface area contributed by atoms with Gasteiger partial charge in [-0.05, 0) is 24.1 Å². The molecule has 11 nitrogen and oxygen atoms in total. The van der Waals surface area contributed by atoms with Crippen LogP contribution in [0.25, 0.3) is 0 Å². The summed E-state index contributed by atoms with van der Waals surface area (Å²) in [4.78, 5) is 38.8. The van der Waals surface area contributed by atoms with Gasteiger partial charge in [0.1, 0.15) is 0 Å². The zero-order valence-electron chi connectivity index (χ0n) is 20.0. The van der Waals surface area contributed by atoms with Crippen LogP contribution >= 0.6 is 0 Å². The van der Waals surface area contributed by atoms with Crippen molar-refractivity contribution in [3.63, 3.8) is 0 Å². The maximum absolute atomic E-state index is 12.6. The molecule has 0 aromatic carbocycles. The molecular weight excluding hydrogens is 544 g/mol. The topological polar surface area (TPSA) is 146 Å². The zero-order valence-corrected chi connectivity index (χ0v) is 20.0. The molecule has 2 aliphatic rings. The highest BCUT2D eigenvalue weighted by molar-refractivity contribution is 5.93. The summed E-state index contributed by atoms with van der Waals surface area (Å²) in [6.45, 7) is 3.90. The van der Waals surface area contributed by atoms with Gasteiger partial charge >= 0.3 is 24.3 Å². The Morgan fingerprint density at radius 3 is 2.08 bits per heavy atom. The minimum atomic E-state index is -5.08. The SMILES string of the molecule is O=C(O)C(F)(F)F.O=C(O)C(F)(F)F.O=C(c1ccnnc1)N1CCN2C[C@H](OCc3cccnc3)C[C@H]2C1. The van der Waals surface area contributed by atoms with Crippen molar-refractivity contribution in [2.45, 2.75) is 37.5 Å². The Labute approximate surface area is 217 Å². The first-order valence-electron chi connectivity index (χ1n) is 11.1. The monoisotopic (exact) mass is 567 g/mol. The number of halogens is 6. The van der Waals surface area contributed by atoms with E-state index in [0.717, 1.165) is 38.2 Å². The lowest BCUT2D eigenvalue weighted by Crippen LogP contribution is -2.52. The van der Waals surface area contributed by atoms with Gasteiger partial charge in [0.15, 0.2) is 0 Å². The van der Waals surface area contributed by atoms with Gasteiger partial charge in [0, 0.05) is 44.6 Å². The Hall–Kier alpha value is -3.86. The summed E-state index contributed by atoms with van der Waals surface area (Å²) in [5, 5.41) is 21.8. The smallest absolute Gasteiger partial charge is 0.475 e. The van der Waals surface area contributed by atoms with Crippen molar-refractivity contribution < 1.29 is 55.7 Å². The zero-order chi connectivity index (χ0) is 29.2. The minimum Gasteiger partial charge on any atom is -0.475 e. The third-order valence-corrected chi connectivity index (χ3v) is 5.39. The largest absolute Gasteiger partial charge is 0.490 e. The summed E-state index contributed by atoms with van der Waals surface area (Å²) in [5.41, 5.74) is 1.69. The van der Waals surface area contributed by atoms with E-state index in [2.05, 4.69) is 20.1 Å². The number of hydrogen-bond donors (Lipinski definition) is 2. The second-order valence-corrected chi connectivity index (χ2v) is 8.17. The van der Waals surface area contributed by atoms with E-state index in [-0.39, 0.29) is 12.0 Å². The van der Waals surface area contributed by atoms with Gasteiger partial charge in [-0.2, -0.15) is 36.5 Å². The van der Waals surface area contributed by atoms with E-state index in [0.29, 0.717) is 18.2 Å². The van der Waals surface area contributed by atoms with E-state index < -0.39 is 24.3 Å². The van der Waals surface area contributed by atoms with Crippen LogP contribution in [0.4, 0.5) is 26.3 Å². The summed E-state index contributed by atoms with van der Waals surface area (Å²) >= 11 is 0. The third-order valence-electron chi connectivity index (χ3n) is 5.39. The van der Waals surface area contributed by atoms with Crippen molar-refractivity contribution in [1.29, 1.82) is 0 Å². The third kappa shape index (κ3) is 10.4. The Morgan fingerprint density at radius 2 is 1.56 bits per heavy atom. The second-order valence-electron chi connectivity index (χ2n) is 8.17. The van der Waals surface area contributed by atoms with Crippen LogP contribution in [0, 0.1) is 0 Å². The summed E-state index contributed by atoms with van der Waals surface area (Å²) in [7, 11) is 0. The number of ether oxygens (including phenoxy) is 1. The number of pyridine rings is 1. The maximum Gasteiger partial charge on any atom is 0.490 e. The number of carbonyl (C=O) groups excluding carboxylic acids is 1. The number of aliphatic carboxylic acids is 2. The van der Waals surface area contributed by atoms with Crippen molar-refractivity contribution in [3.05, 3.63) is 54.1 Å². The molecule has 4 heterocycles. The van der Waals surface area contributed by atoms with E-state index in [1.807, 2.05) is 23.2 Å². The summed E-state index contributed by atoms with van der Waals surface area (Å²) in [6.07, 6.45) is -2.31. The molecule has 2 saturated heterocycles. The highest BCUT2D eigenvalue weighted by atomic mass is 19.4. The predicted molar refractivity (Wildman–Crippen MR) is 118 cm³/mol. The molecule has 2 aliphatic heterocycles. The molecule has 4 rings (SSSR count). The molecule has 17 heteroatoms. The first kappa shape index (κ1) is 31.4. The summed E-state index contributed by atoms with van der Waals surface area (Å²) in [6, 6.07) is 6.04. The molecule has 0 radical (unpaired) electrons. The molecule has 0 saturated carbocycles. The molecule has 2 N–H and O–H groups in total. The standard InChI is InChI=1S/C18H21N5O2.2C2HF3O2/c24-18(15-3-5-20-21-10-15)23-7-6-22-12-17(8-16(22)11-23)25-13-14-2-1-4-19-9-14;2*3-2(4,5)1(6)7/h1-5,9-10,16-17H,6-8,11-13H2;2*(H,6,7)/t16-,17+;;/m0../s1. The first-order chi connectivity index (χ1) is 18.2. The van der Waals surface area contributed by atoms with E-state index in [1.54, 1.807) is 18.5 Å². The van der Waals surface area contributed by atoms with Crippen LogP contribution in [0.3, 0.4) is 0 Å². The lowest BCUT2D eigenvalue weighted by atomic mass is 10.1. The second kappa shape index (κ2) is 13.8. The fourth-order valence-corrected chi connectivity index (χ4v) is 3.60. The Balaban J connectivity index is 0.000000317. The van der Waals surface area contributed by atoms with Crippen LogP contribution in [0.5, 0.6) is 0 Å². The van der Waals surface area contributed by atoms with Gasteiger partial charge < -0.3 is 19.8 Å². The molecular formula is C22H23F6N5O6. The van der Waals surface area contributed by atoms with Crippen LogP contribution in [-0.2, 0) is 20.9 Å². The fraction of sp³-hybridized carbons (Fsp3) is 0.455. The molecule has 0 unspecified atom stereocenters. The molecule has 39 heavy (non-hydrogen) atoms. The van der Waals surface area contributed by atoms with Crippen LogP contribution in [0.2, 0.25) is 0 Å². The van der Waals surface area contributed by atoms with Crippen molar-refractivity contribution in [2.75, 3.05) is 26.2 Å². The van der Waals surface area contributed by atoms with Gasteiger partial charge in [-0.3, -0.25) is 14.7 Å². The molecule has 2 aromatic rings. The van der Waals surface area contributed by atoms with Crippen molar-refractivity contribution >= 4 is 17.8 Å². The maximum atomic E-state index is 12.6. The van der Waals surface area contributed by atoms with Gasteiger partial charge in [-0.15, -0.1) is 0 Å². The van der Waals surface area contributed by atoms with Crippen LogP contribution < -0.4 is 0 Å².